The number of nitrogens with one attached hydrogen (secondary N) is 2. The first kappa shape index (κ1) is 20.8. The maximum atomic E-state index is 12.9. The predicted molar refractivity (Wildman–Crippen MR) is 105 cm³/mol. The molecule has 0 aromatic heterocycles. The van der Waals surface area contributed by atoms with Gasteiger partial charge in [-0.25, -0.2) is 4.79 Å². The number of ether oxygens (including phenoxy) is 3. The van der Waals surface area contributed by atoms with Crippen LogP contribution in [0.5, 0.6) is 0 Å². The fourth-order valence-corrected chi connectivity index (χ4v) is 4.03. The van der Waals surface area contributed by atoms with Gasteiger partial charge < -0.3 is 34.5 Å². The lowest BCUT2D eigenvalue weighted by atomic mass is 10.0. The van der Waals surface area contributed by atoms with Crippen molar-refractivity contribution in [2.24, 2.45) is 0 Å². The van der Waals surface area contributed by atoms with E-state index >= 15 is 0 Å². The summed E-state index contributed by atoms with van der Waals surface area (Å²) in [6.45, 7) is 3.00. The summed E-state index contributed by atoms with van der Waals surface area (Å²) in [5.41, 5.74) is 0.188. The number of benzene rings is 1. The summed E-state index contributed by atoms with van der Waals surface area (Å²) in [6, 6.07) is 7.85. The molecule has 9 nitrogen and oxygen atoms in total. The van der Waals surface area contributed by atoms with Crippen molar-refractivity contribution in [1.82, 2.24) is 15.5 Å². The summed E-state index contributed by atoms with van der Waals surface area (Å²) >= 11 is 0. The average Bonchev–Trinajstić information content (AvgIpc) is 3.25. The predicted octanol–water partition coefficient (Wildman–Crippen LogP) is 0.576. The minimum absolute atomic E-state index is 0.282. The summed E-state index contributed by atoms with van der Waals surface area (Å²) in [4.78, 5) is 38.8. The first-order valence-electron chi connectivity index (χ1n) is 10.2. The van der Waals surface area contributed by atoms with Gasteiger partial charge in [0.1, 0.15) is 17.9 Å². The van der Waals surface area contributed by atoms with E-state index in [1.807, 2.05) is 30.3 Å². The highest BCUT2D eigenvalue weighted by atomic mass is 16.9. The number of carbonyl (C=O) groups excluding carboxylic acids is 3. The summed E-state index contributed by atoms with van der Waals surface area (Å²) in [5.74, 6) is -1.37. The summed E-state index contributed by atoms with van der Waals surface area (Å²) < 4.78 is 16.6. The summed E-state index contributed by atoms with van der Waals surface area (Å²) in [6.07, 6.45) is 2.40. The third-order valence-electron chi connectivity index (χ3n) is 5.81. The molecule has 1 aromatic carbocycles. The van der Waals surface area contributed by atoms with Crippen molar-refractivity contribution in [3.63, 3.8) is 0 Å². The quantitative estimate of drug-likeness (QED) is 0.656. The van der Waals surface area contributed by atoms with Gasteiger partial charge in [0.15, 0.2) is 0 Å². The smallest absolute Gasteiger partial charge is 0.318 e. The molecule has 4 aliphatic rings. The van der Waals surface area contributed by atoms with E-state index in [4.69, 9.17) is 14.2 Å². The molecule has 4 aliphatic heterocycles. The number of fused-ring (bicyclic) bond motifs is 3. The minimum atomic E-state index is -1.05. The van der Waals surface area contributed by atoms with Gasteiger partial charge in [-0.2, -0.15) is 0 Å². The Balaban J connectivity index is 1.36. The molecule has 4 fully saturated rings. The third-order valence-corrected chi connectivity index (χ3v) is 5.81. The van der Waals surface area contributed by atoms with Gasteiger partial charge in [0.25, 0.3) is 5.97 Å². The van der Waals surface area contributed by atoms with E-state index in [0.717, 1.165) is 11.8 Å². The van der Waals surface area contributed by atoms with Crippen LogP contribution in [0.4, 0.5) is 4.79 Å². The highest BCUT2D eigenvalue weighted by Gasteiger charge is 2.51. The van der Waals surface area contributed by atoms with Crippen LogP contribution in [0.3, 0.4) is 0 Å². The number of urea groups is 1. The molecular formula is C21H27N3O6. The second-order valence-electron chi connectivity index (χ2n) is 8.23. The molecule has 3 amide bonds. The van der Waals surface area contributed by atoms with Crippen LogP contribution >= 0.6 is 0 Å². The van der Waals surface area contributed by atoms with Crippen LogP contribution in [-0.4, -0.2) is 73.1 Å². The zero-order valence-electron chi connectivity index (χ0n) is 17.0. The van der Waals surface area contributed by atoms with Crippen LogP contribution < -0.4 is 10.6 Å². The second kappa shape index (κ2) is 8.33. The Morgan fingerprint density at radius 2 is 1.87 bits per heavy atom. The molecule has 4 saturated heterocycles. The number of amides is 3. The van der Waals surface area contributed by atoms with Crippen molar-refractivity contribution >= 4 is 18.2 Å². The lowest BCUT2D eigenvalue weighted by Gasteiger charge is -2.50. The van der Waals surface area contributed by atoms with E-state index in [-0.39, 0.29) is 31.8 Å². The lowest BCUT2D eigenvalue weighted by Crippen LogP contribution is -2.71. The zero-order valence-corrected chi connectivity index (χ0v) is 17.0. The molecular weight excluding hydrogens is 390 g/mol. The van der Waals surface area contributed by atoms with Crippen molar-refractivity contribution in [2.75, 3.05) is 26.4 Å². The number of hydrogen-bond donors (Lipinski definition) is 2. The zero-order chi connectivity index (χ0) is 21.2. The van der Waals surface area contributed by atoms with Gasteiger partial charge in [0.2, 0.25) is 5.91 Å². The molecule has 0 aliphatic carbocycles. The van der Waals surface area contributed by atoms with E-state index in [9.17, 15) is 14.4 Å². The highest BCUT2D eigenvalue weighted by molar-refractivity contribution is 5.89. The maximum Gasteiger partial charge on any atom is 0.318 e. The number of hydrogen-bond acceptors (Lipinski definition) is 6. The van der Waals surface area contributed by atoms with E-state index in [0.29, 0.717) is 25.8 Å². The molecule has 0 unspecified atom stereocenters. The van der Waals surface area contributed by atoms with E-state index in [2.05, 4.69) is 10.6 Å². The Morgan fingerprint density at radius 1 is 1.20 bits per heavy atom. The standard InChI is InChI=1S/C21H27N3O6/c1-20-28-12-21(13-29-20,14-30-20)23-19(27)24-9-5-8-17(24)18(26)22-16(11-25)10-15-6-3-2-4-7-15/h2-4,6-7,11,16-17H,5,8-10,12-14H2,1H3,(H,22,26)(H,23,27)/t16-,17-,20?,21?/m0/s1. The van der Waals surface area contributed by atoms with Gasteiger partial charge in [-0.3, -0.25) is 4.79 Å². The first-order valence-corrected chi connectivity index (χ1v) is 10.2. The van der Waals surface area contributed by atoms with E-state index < -0.39 is 23.6 Å². The van der Waals surface area contributed by atoms with Gasteiger partial charge in [-0.1, -0.05) is 30.3 Å². The molecule has 2 atom stereocenters. The molecule has 4 heterocycles. The first-order chi connectivity index (χ1) is 14.4. The van der Waals surface area contributed by atoms with Crippen molar-refractivity contribution in [3.05, 3.63) is 35.9 Å². The van der Waals surface area contributed by atoms with Gasteiger partial charge in [-0.15, -0.1) is 0 Å². The van der Waals surface area contributed by atoms with Crippen LogP contribution in [-0.2, 0) is 30.2 Å². The Kier molecular flexibility index (Phi) is 5.77. The van der Waals surface area contributed by atoms with Crippen LogP contribution in [0, 0.1) is 0 Å². The van der Waals surface area contributed by atoms with E-state index in [1.54, 1.807) is 6.92 Å². The van der Waals surface area contributed by atoms with Crippen LogP contribution in [0.2, 0.25) is 0 Å². The molecule has 30 heavy (non-hydrogen) atoms. The van der Waals surface area contributed by atoms with Gasteiger partial charge >= 0.3 is 6.03 Å². The number of aldehydes is 1. The van der Waals surface area contributed by atoms with Crippen LogP contribution in [0.1, 0.15) is 25.3 Å². The molecule has 2 bridgehead atoms. The van der Waals surface area contributed by atoms with Crippen molar-refractivity contribution in [2.45, 2.75) is 49.8 Å². The Bertz CT molecular complexity index is 777. The van der Waals surface area contributed by atoms with Crippen molar-refractivity contribution in [3.8, 4) is 0 Å². The number of nitrogens with zero attached hydrogens (tertiary/aromatic N) is 1. The highest BCUT2D eigenvalue weighted by Crippen LogP contribution is 2.32. The Labute approximate surface area is 175 Å². The van der Waals surface area contributed by atoms with Crippen molar-refractivity contribution in [1.29, 1.82) is 0 Å². The van der Waals surface area contributed by atoms with Crippen LogP contribution in [0.15, 0.2) is 30.3 Å². The number of carbonyl (C=O) groups is 3. The molecule has 1 aromatic rings. The van der Waals surface area contributed by atoms with Gasteiger partial charge in [0.05, 0.1) is 25.9 Å². The topological polar surface area (TPSA) is 106 Å². The summed E-state index contributed by atoms with van der Waals surface area (Å²) in [5, 5.41) is 5.71. The number of rotatable bonds is 6. The fourth-order valence-electron chi connectivity index (χ4n) is 4.03. The molecule has 2 N–H and O–H groups in total. The normalized spacial score (nSPS) is 31.2. The molecule has 9 heteroatoms. The minimum Gasteiger partial charge on any atom is -0.344 e. The second-order valence-corrected chi connectivity index (χ2v) is 8.23. The number of likely N-dealkylation sites (tertiary alicyclic amines) is 1. The average molecular weight is 417 g/mol. The molecule has 0 radical (unpaired) electrons. The SMILES string of the molecule is CC12OCC(NC(=O)N3CCC[C@H]3C(=O)N[C@H](C=O)Cc3ccccc3)(CO1)CO2. The summed E-state index contributed by atoms with van der Waals surface area (Å²) in [7, 11) is 0. The molecule has 162 valence electrons. The largest absolute Gasteiger partial charge is 0.344 e. The lowest BCUT2D eigenvalue weighted by molar-refractivity contribution is -0.444. The monoisotopic (exact) mass is 417 g/mol. The Morgan fingerprint density at radius 3 is 2.50 bits per heavy atom. The van der Waals surface area contributed by atoms with E-state index in [1.165, 1.54) is 4.90 Å². The molecule has 0 saturated carbocycles. The van der Waals surface area contributed by atoms with Gasteiger partial charge in [0, 0.05) is 13.5 Å². The van der Waals surface area contributed by atoms with Crippen molar-refractivity contribution < 1.29 is 28.6 Å². The third kappa shape index (κ3) is 4.33. The molecule has 5 rings (SSSR count). The van der Waals surface area contributed by atoms with Gasteiger partial charge in [-0.05, 0) is 24.8 Å². The van der Waals surface area contributed by atoms with Crippen LogP contribution in [0.25, 0.3) is 0 Å². The Hall–Kier alpha value is -2.49. The maximum absolute atomic E-state index is 12.9. The fraction of sp³-hybridized carbons (Fsp3) is 0.571. The molecule has 0 spiro atoms.